The lowest BCUT2D eigenvalue weighted by atomic mass is 10.1. The van der Waals surface area contributed by atoms with E-state index >= 15 is 0 Å². The molecule has 1 amide bonds. The molecule has 0 radical (unpaired) electrons. The number of nitrogens with zero attached hydrogens (tertiary/aromatic N) is 3. The summed E-state index contributed by atoms with van der Waals surface area (Å²) >= 11 is 12.1. The minimum atomic E-state index is -0.800. The van der Waals surface area contributed by atoms with E-state index in [4.69, 9.17) is 23.2 Å². The minimum Gasteiger partial charge on any atom is -0.369 e. The molecule has 0 saturated carbocycles. The number of halogens is 2. The zero-order chi connectivity index (χ0) is 18.7. The summed E-state index contributed by atoms with van der Waals surface area (Å²) in [5, 5.41) is 7.61. The molecular formula is C18H20Cl2N4O2. The molecule has 6 nitrogen and oxygen atoms in total. The number of aromatic nitrogens is 2. The molecule has 0 unspecified atom stereocenters. The van der Waals surface area contributed by atoms with Gasteiger partial charge in [0.15, 0.2) is 0 Å². The summed E-state index contributed by atoms with van der Waals surface area (Å²) in [6.45, 7) is 3.32. The molecule has 1 aromatic heterocycles. The molecular weight excluding hydrogens is 375 g/mol. The molecule has 8 heteroatoms. The second kappa shape index (κ2) is 8.10. The van der Waals surface area contributed by atoms with Gasteiger partial charge in [0.1, 0.15) is 11.1 Å². The predicted octanol–water partition coefficient (Wildman–Crippen LogP) is 3.74. The van der Waals surface area contributed by atoms with Crippen LogP contribution in [-0.4, -0.2) is 28.8 Å². The second-order valence-corrected chi connectivity index (χ2v) is 7.13. The molecule has 1 atom stereocenters. The number of hydrogen-bond donors (Lipinski definition) is 1. The van der Waals surface area contributed by atoms with Crippen molar-refractivity contribution in [2.45, 2.75) is 32.2 Å². The van der Waals surface area contributed by atoms with Gasteiger partial charge < -0.3 is 10.2 Å². The average molecular weight is 395 g/mol. The maximum absolute atomic E-state index is 12.6. The monoisotopic (exact) mass is 394 g/mol. The molecule has 2 aromatic rings. The van der Waals surface area contributed by atoms with Gasteiger partial charge in [0.25, 0.3) is 5.56 Å². The maximum Gasteiger partial charge on any atom is 0.288 e. The third-order valence-electron chi connectivity index (χ3n) is 4.48. The molecule has 1 saturated heterocycles. The van der Waals surface area contributed by atoms with E-state index < -0.39 is 11.6 Å². The van der Waals surface area contributed by atoms with Crippen LogP contribution >= 0.6 is 23.2 Å². The quantitative estimate of drug-likeness (QED) is 0.857. The molecule has 1 aliphatic rings. The highest BCUT2D eigenvalue weighted by Gasteiger charge is 2.22. The van der Waals surface area contributed by atoms with E-state index in [1.165, 1.54) is 6.42 Å². The van der Waals surface area contributed by atoms with Crippen LogP contribution in [-0.2, 0) is 4.79 Å². The molecule has 2 heterocycles. The molecule has 1 aromatic carbocycles. The van der Waals surface area contributed by atoms with Gasteiger partial charge >= 0.3 is 0 Å². The first-order chi connectivity index (χ1) is 12.5. The van der Waals surface area contributed by atoms with Crippen molar-refractivity contribution in [1.82, 2.24) is 9.78 Å². The Morgan fingerprint density at radius 1 is 1.15 bits per heavy atom. The Morgan fingerprint density at radius 3 is 2.46 bits per heavy atom. The fourth-order valence-corrected chi connectivity index (χ4v) is 3.34. The van der Waals surface area contributed by atoms with Crippen molar-refractivity contribution >= 4 is 40.5 Å². The number of amides is 1. The fraction of sp³-hybridized carbons (Fsp3) is 0.389. The van der Waals surface area contributed by atoms with E-state index in [2.05, 4.69) is 15.3 Å². The molecule has 3 rings (SSSR count). The van der Waals surface area contributed by atoms with Crippen LogP contribution in [0.4, 0.5) is 11.4 Å². The van der Waals surface area contributed by atoms with Crippen molar-refractivity contribution in [2.24, 2.45) is 0 Å². The SMILES string of the molecule is C[C@@H](C(=O)Nc1ccc(Cl)cc1)n1ncc(N2CCCCC2)c(Cl)c1=O. The standard InChI is InChI=1S/C18H20Cl2N4O2/c1-12(17(25)22-14-7-5-13(19)6-8-14)24-18(26)16(20)15(11-21-24)23-9-3-2-4-10-23/h5-8,11-12H,2-4,9-10H2,1H3,(H,22,25)/t12-/m0/s1. The van der Waals surface area contributed by atoms with E-state index in [9.17, 15) is 9.59 Å². The topological polar surface area (TPSA) is 67.2 Å². The van der Waals surface area contributed by atoms with Crippen molar-refractivity contribution in [3.05, 3.63) is 50.9 Å². The van der Waals surface area contributed by atoms with E-state index in [1.54, 1.807) is 37.4 Å². The van der Waals surface area contributed by atoms with Gasteiger partial charge in [-0.15, -0.1) is 0 Å². The predicted molar refractivity (Wildman–Crippen MR) is 104 cm³/mol. The van der Waals surface area contributed by atoms with Crippen molar-refractivity contribution in [3.63, 3.8) is 0 Å². The Morgan fingerprint density at radius 2 is 1.81 bits per heavy atom. The Bertz CT molecular complexity index is 845. The number of benzene rings is 1. The van der Waals surface area contributed by atoms with Crippen LogP contribution in [0, 0.1) is 0 Å². The van der Waals surface area contributed by atoms with Crippen LogP contribution in [0.5, 0.6) is 0 Å². The van der Waals surface area contributed by atoms with Gasteiger partial charge in [-0.2, -0.15) is 5.10 Å². The molecule has 1 aliphatic heterocycles. The van der Waals surface area contributed by atoms with Crippen LogP contribution in [0.3, 0.4) is 0 Å². The molecule has 0 aliphatic carbocycles. The summed E-state index contributed by atoms with van der Waals surface area (Å²) in [5.74, 6) is -0.358. The highest BCUT2D eigenvalue weighted by atomic mass is 35.5. The normalized spacial score (nSPS) is 15.6. The summed E-state index contributed by atoms with van der Waals surface area (Å²) < 4.78 is 1.11. The highest BCUT2D eigenvalue weighted by Crippen LogP contribution is 2.25. The zero-order valence-electron chi connectivity index (χ0n) is 14.4. The Kier molecular flexibility index (Phi) is 5.84. The molecule has 1 fully saturated rings. The van der Waals surface area contributed by atoms with E-state index in [-0.39, 0.29) is 10.9 Å². The summed E-state index contributed by atoms with van der Waals surface area (Å²) in [7, 11) is 0. The summed E-state index contributed by atoms with van der Waals surface area (Å²) in [6, 6.07) is 5.93. The van der Waals surface area contributed by atoms with E-state index in [1.807, 2.05) is 0 Å². The van der Waals surface area contributed by atoms with E-state index in [0.29, 0.717) is 16.4 Å². The molecule has 0 bridgehead atoms. The summed E-state index contributed by atoms with van der Waals surface area (Å²) in [5.41, 5.74) is 0.766. The highest BCUT2D eigenvalue weighted by molar-refractivity contribution is 6.33. The first-order valence-electron chi connectivity index (χ1n) is 8.56. The lowest BCUT2D eigenvalue weighted by Crippen LogP contribution is -2.36. The zero-order valence-corrected chi connectivity index (χ0v) is 15.9. The maximum atomic E-state index is 12.6. The Hall–Kier alpha value is -2.05. The van der Waals surface area contributed by atoms with Gasteiger partial charge in [-0.05, 0) is 50.5 Å². The lowest BCUT2D eigenvalue weighted by Gasteiger charge is -2.29. The third kappa shape index (κ3) is 4.02. The second-order valence-electron chi connectivity index (χ2n) is 6.31. The molecule has 1 N–H and O–H groups in total. The van der Waals surface area contributed by atoms with Gasteiger partial charge in [0, 0.05) is 23.8 Å². The Balaban J connectivity index is 1.79. The molecule has 138 valence electrons. The van der Waals surface area contributed by atoms with Gasteiger partial charge in [0.2, 0.25) is 5.91 Å². The van der Waals surface area contributed by atoms with Crippen LogP contribution in [0.2, 0.25) is 10.0 Å². The number of piperidine rings is 1. The van der Waals surface area contributed by atoms with Crippen molar-refractivity contribution < 1.29 is 4.79 Å². The Labute approximate surface area is 161 Å². The number of nitrogens with one attached hydrogen (secondary N) is 1. The fourth-order valence-electron chi connectivity index (χ4n) is 2.96. The minimum absolute atomic E-state index is 0.105. The van der Waals surface area contributed by atoms with E-state index in [0.717, 1.165) is 30.6 Å². The van der Waals surface area contributed by atoms with Crippen LogP contribution in [0.1, 0.15) is 32.2 Å². The largest absolute Gasteiger partial charge is 0.369 e. The first-order valence-corrected chi connectivity index (χ1v) is 9.31. The number of carbonyl (C=O) groups is 1. The van der Waals surface area contributed by atoms with Crippen LogP contribution in [0.15, 0.2) is 35.3 Å². The van der Waals surface area contributed by atoms with Gasteiger partial charge in [-0.1, -0.05) is 23.2 Å². The molecule has 26 heavy (non-hydrogen) atoms. The van der Waals surface area contributed by atoms with Crippen LogP contribution < -0.4 is 15.8 Å². The summed E-state index contributed by atoms with van der Waals surface area (Å²) in [6.07, 6.45) is 4.89. The van der Waals surface area contributed by atoms with Gasteiger partial charge in [-0.25, -0.2) is 4.68 Å². The first kappa shape index (κ1) is 18.7. The number of rotatable bonds is 4. The number of hydrogen-bond acceptors (Lipinski definition) is 4. The number of carbonyl (C=O) groups excluding carboxylic acids is 1. The lowest BCUT2D eigenvalue weighted by molar-refractivity contribution is -0.119. The van der Waals surface area contributed by atoms with Crippen molar-refractivity contribution in [2.75, 3.05) is 23.3 Å². The van der Waals surface area contributed by atoms with Gasteiger partial charge in [0.05, 0.1) is 11.9 Å². The van der Waals surface area contributed by atoms with Gasteiger partial charge in [-0.3, -0.25) is 9.59 Å². The average Bonchev–Trinajstić information content (AvgIpc) is 2.66. The molecule has 0 spiro atoms. The van der Waals surface area contributed by atoms with Crippen LogP contribution in [0.25, 0.3) is 0 Å². The summed E-state index contributed by atoms with van der Waals surface area (Å²) in [4.78, 5) is 27.1. The third-order valence-corrected chi connectivity index (χ3v) is 5.09. The van der Waals surface area contributed by atoms with Crippen molar-refractivity contribution in [1.29, 1.82) is 0 Å². The smallest absolute Gasteiger partial charge is 0.288 e. The number of anilines is 2. The van der Waals surface area contributed by atoms with Crippen molar-refractivity contribution in [3.8, 4) is 0 Å².